The van der Waals surface area contributed by atoms with Gasteiger partial charge in [-0.1, -0.05) is 37.1 Å². The Hall–Kier alpha value is -2.62. The van der Waals surface area contributed by atoms with E-state index in [0.29, 0.717) is 18.4 Å². The lowest BCUT2D eigenvalue weighted by molar-refractivity contribution is 0.414. The van der Waals surface area contributed by atoms with Crippen molar-refractivity contribution in [3.63, 3.8) is 0 Å². The van der Waals surface area contributed by atoms with Crippen molar-refractivity contribution >= 4 is 10.9 Å². The fourth-order valence-corrected chi connectivity index (χ4v) is 3.03. The van der Waals surface area contributed by atoms with E-state index in [0.717, 1.165) is 41.1 Å². The lowest BCUT2D eigenvalue weighted by Crippen LogP contribution is -2.26. The van der Waals surface area contributed by atoms with Gasteiger partial charge in [-0.25, -0.2) is 4.98 Å². The van der Waals surface area contributed by atoms with Gasteiger partial charge in [0.05, 0.1) is 18.0 Å². The number of benzene rings is 2. The average Bonchev–Trinajstić information content (AvgIpc) is 2.62. The van der Waals surface area contributed by atoms with Crippen molar-refractivity contribution in [2.24, 2.45) is 0 Å². The van der Waals surface area contributed by atoms with Crippen LogP contribution < -0.4 is 10.3 Å². The van der Waals surface area contributed by atoms with Crippen LogP contribution in [0.5, 0.6) is 5.75 Å². The highest BCUT2D eigenvalue weighted by Gasteiger charge is 2.12. The number of aryl methyl sites for hydroxylation is 1. The molecule has 0 bridgehead atoms. The van der Waals surface area contributed by atoms with Crippen LogP contribution >= 0.6 is 0 Å². The van der Waals surface area contributed by atoms with Crippen LogP contribution in [0.25, 0.3) is 10.9 Å². The first-order valence-corrected chi connectivity index (χ1v) is 8.75. The van der Waals surface area contributed by atoms with Crippen LogP contribution in [0.1, 0.15) is 36.7 Å². The van der Waals surface area contributed by atoms with Crippen LogP contribution in [0.4, 0.5) is 0 Å². The molecule has 0 aliphatic carbocycles. The average molecular weight is 336 g/mol. The van der Waals surface area contributed by atoms with Crippen LogP contribution in [0.2, 0.25) is 0 Å². The van der Waals surface area contributed by atoms with E-state index in [1.165, 1.54) is 0 Å². The maximum atomic E-state index is 13.0. The fourth-order valence-electron chi connectivity index (χ4n) is 3.03. The second-order valence-electron chi connectivity index (χ2n) is 6.39. The molecular weight excluding hydrogens is 312 g/mol. The highest BCUT2D eigenvalue weighted by molar-refractivity contribution is 5.78. The van der Waals surface area contributed by atoms with Crippen molar-refractivity contribution in [2.75, 3.05) is 7.11 Å². The van der Waals surface area contributed by atoms with Gasteiger partial charge in [-0.3, -0.25) is 9.36 Å². The number of rotatable bonds is 6. The minimum absolute atomic E-state index is 0.0556. The number of methoxy groups -OCH3 is 1. The summed E-state index contributed by atoms with van der Waals surface area (Å²) in [5, 5.41) is 0.700. The Balaban J connectivity index is 2.11. The van der Waals surface area contributed by atoms with Crippen LogP contribution in [0, 0.1) is 6.92 Å². The van der Waals surface area contributed by atoms with Gasteiger partial charge in [0, 0.05) is 13.0 Å². The number of unbranched alkanes of at least 4 members (excludes halogenated alkanes) is 1. The summed E-state index contributed by atoms with van der Waals surface area (Å²) in [6.45, 7) is 4.83. The van der Waals surface area contributed by atoms with Crippen LogP contribution in [0.15, 0.2) is 47.3 Å². The Kier molecular flexibility index (Phi) is 5.17. The van der Waals surface area contributed by atoms with E-state index in [1.54, 1.807) is 7.11 Å². The zero-order valence-corrected chi connectivity index (χ0v) is 15.1. The summed E-state index contributed by atoms with van der Waals surface area (Å²) in [6, 6.07) is 13.8. The number of fused-ring (bicyclic) bond motifs is 1. The number of ether oxygens (including phenoxy) is 1. The van der Waals surface area contributed by atoms with E-state index >= 15 is 0 Å². The van der Waals surface area contributed by atoms with Crippen molar-refractivity contribution < 1.29 is 4.74 Å². The quantitative estimate of drug-likeness (QED) is 0.680. The third-order valence-corrected chi connectivity index (χ3v) is 4.42. The number of hydrogen-bond donors (Lipinski definition) is 0. The molecule has 1 aromatic heterocycles. The zero-order chi connectivity index (χ0) is 17.8. The highest BCUT2D eigenvalue weighted by atomic mass is 16.5. The standard InChI is InChI=1S/C21H24N2O2/c1-4-5-11-23-20(14-16-7-6-8-17(13-16)25-3)22-19-10-9-15(2)12-18(19)21(23)24/h6-10,12-13H,4-5,11,14H2,1-3H3. The Bertz CT molecular complexity index is 944. The predicted octanol–water partition coefficient (Wildman–Crippen LogP) is 4.10. The third kappa shape index (κ3) is 3.73. The molecule has 0 saturated heterocycles. The number of hydrogen-bond acceptors (Lipinski definition) is 3. The Labute approximate surface area is 148 Å². The molecule has 1 heterocycles. The van der Waals surface area contributed by atoms with Gasteiger partial charge in [0.15, 0.2) is 0 Å². The third-order valence-electron chi connectivity index (χ3n) is 4.42. The van der Waals surface area contributed by atoms with E-state index in [4.69, 9.17) is 9.72 Å². The van der Waals surface area contributed by atoms with E-state index in [1.807, 2.05) is 54.0 Å². The van der Waals surface area contributed by atoms with Crippen LogP contribution in [-0.4, -0.2) is 16.7 Å². The predicted molar refractivity (Wildman–Crippen MR) is 101 cm³/mol. The number of aromatic nitrogens is 2. The van der Waals surface area contributed by atoms with Gasteiger partial charge in [0.1, 0.15) is 11.6 Å². The minimum atomic E-state index is 0.0556. The van der Waals surface area contributed by atoms with Gasteiger partial charge in [0.25, 0.3) is 5.56 Å². The first kappa shape index (κ1) is 17.2. The largest absolute Gasteiger partial charge is 0.497 e. The molecule has 2 aromatic carbocycles. The maximum absolute atomic E-state index is 13.0. The highest BCUT2D eigenvalue weighted by Crippen LogP contribution is 2.17. The van der Waals surface area contributed by atoms with Gasteiger partial charge in [-0.05, 0) is 43.2 Å². The van der Waals surface area contributed by atoms with Gasteiger partial charge < -0.3 is 4.74 Å². The molecule has 25 heavy (non-hydrogen) atoms. The monoisotopic (exact) mass is 336 g/mol. The van der Waals surface area contributed by atoms with Gasteiger partial charge >= 0.3 is 0 Å². The maximum Gasteiger partial charge on any atom is 0.261 e. The summed E-state index contributed by atoms with van der Waals surface area (Å²) >= 11 is 0. The zero-order valence-electron chi connectivity index (χ0n) is 15.1. The van der Waals surface area contributed by atoms with E-state index in [-0.39, 0.29) is 5.56 Å². The molecule has 0 atom stereocenters. The topological polar surface area (TPSA) is 44.1 Å². The summed E-state index contributed by atoms with van der Waals surface area (Å²) in [6.07, 6.45) is 2.61. The van der Waals surface area contributed by atoms with Crippen LogP contribution in [0.3, 0.4) is 0 Å². The summed E-state index contributed by atoms with van der Waals surface area (Å²) < 4.78 is 7.14. The first-order valence-electron chi connectivity index (χ1n) is 8.75. The van der Waals surface area contributed by atoms with E-state index < -0.39 is 0 Å². The van der Waals surface area contributed by atoms with Gasteiger partial charge in [-0.2, -0.15) is 0 Å². The fraction of sp³-hybridized carbons (Fsp3) is 0.333. The molecule has 130 valence electrons. The van der Waals surface area contributed by atoms with Gasteiger partial charge in [-0.15, -0.1) is 0 Å². The molecular formula is C21H24N2O2. The number of nitrogens with zero attached hydrogens (tertiary/aromatic N) is 2. The summed E-state index contributed by atoms with van der Waals surface area (Å²) in [5.74, 6) is 1.62. The molecule has 0 unspecified atom stereocenters. The summed E-state index contributed by atoms with van der Waals surface area (Å²) in [4.78, 5) is 17.8. The Morgan fingerprint density at radius 2 is 2.00 bits per heavy atom. The molecule has 0 saturated carbocycles. The molecule has 4 nitrogen and oxygen atoms in total. The molecule has 4 heteroatoms. The molecule has 0 aliphatic heterocycles. The second-order valence-corrected chi connectivity index (χ2v) is 6.39. The lowest BCUT2D eigenvalue weighted by Gasteiger charge is -2.14. The SMILES string of the molecule is CCCCn1c(Cc2cccc(OC)c2)nc2ccc(C)cc2c1=O. The molecule has 3 rings (SSSR count). The summed E-state index contributed by atoms with van der Waals surface area (Å²) in [7, 11) is 1.66. The minimum Gasteiger partial charge on any atom is -0.497 e. The van der Waals surface area contributed by atoms with Crippen molar-refractivity contribution in [3.05, 3.63) is 69.8 Å². The van der Waals surface area contributed by atoms with E-state index in [2.05, 4.69) is 6.92 Å². The Morgan fingerprint density at radius 3 is 2.76 bits per heavy atom. The molecule has 0 spiro atoms. The molecule has 0 radical (unpaired) electrons. The Morgan fingerprint density at radius 1 is 1.16 bits per heavy atom. The lowest BCUT2D eigenvalue weighted by atomic mass is 10.1. The van der Waals surface area contributed by atoms with Crippen molar-refractivity contribution in [3.8, 4) is 5.75 Å². The van der Waals surface area contributed by atoms with E-state index in [9.17, 15) is 4.79 Å². The second kappa shape index (κ2) is 7.51. The van der Waals surface area contributed by atoms with Crippen molar-refractivity contribution in [1.29, 1.82) is 0 Å². The molecule has 0 aliphatic rings. The molecule has 0 amide bonds. The molecule has 3 aromatic rings. The normalized spacial score (nSPS) is 11.0. The summed E-state index contributed by atoms with van der Waals surface area (Å²) in [5.41, 5.74) is 2.98. The molecule has 0 fully saturated rings. The van der Waals surface area contributed by atoms with Crippen LogP contribution in [-0.2, 0) is 13.0 Å². The molecule has 0 N–H and O–H groups in total. The first-order chi connectivity index (χ1) is 12.1. The van der Waals surface area contributed by atoms with Gasteiger partial charge in [0.2, 0.25) is 0 Å². The smallest absolute Gasteiger partial charge is 0.261 e. The van der Waals surface area contributed by atoms with Crippen molar-refractivity contribution in [2.45, 2.75) is 39.7 Å². The van der Waals surface area contributed by atoms with Crippen molar-refractivity contribution in [1.82, 2.24) is 9.55 Å².